The number of fused-ring (bicyclic) bond motifs is 3. The minimum Gasteiger partial charge on any atom is -0.350 e. The molecule has 1 aliphatic rings. The first-order valence-corrected chi connectivity index (χ1v) is 11.0. The number of carbonyl (C=O) groups excluding carboxylic acids is 3. The number of aromatic nitrogens is 2. The van der Waals surface area contributed by atoms with Crippen molar-refractivity contribution in [1.82, 2.24) is 20.6 Å². The molecule has 1 aromatic carbocycles. The molecule has 1 aliphatic heterocycles. The van der Waals surface area contributed by atoms with E-state index in [4.69, 9.17) is 0 Å². The smallest absolute Gasteiger partial charge is 0.271 e. The predicted molar refractivity (Wildman–Crippen MR) is 119 cm³/mol. The van der Waals surface area contributed by atoms with Crippen molar-refractivity contribution >= 4 is 45.1 Å². The Kier molecular flexibility index (Phi) is 5.75. The van der Waals surface area contributed by atoms with Gasteiger partial charge in [0.15, 0.2) is 5.13 Å². The molecular weight excluding hydrogens is 416 g/mol. The molecule has 0 bridgehead atoms. The van der Waals surface area contributed by atoms with Gasteiger partial charge in [0.2, 0.25) is 0 Å². The van der Waals surface area contributed by atoms with E-state index in [1.807, 2.05) is 21.0 Å². The summed E-state index contributed by atoms with van der Waals surface area (Å²) in [5, 5.41) is 11.3. The summed E-state index contributed by atoms with van der Waals surface area (Å²) in [6, 6.07) is 5.29. The maximum absolute atomic E-state index is 12.8. The van der Waals surface area contributed by atoms with Gasteiger partial charge in [0.1, 0.15) is 11.4 Å². The number of quaternary nitrogens is 1. The Hall–Kier alpha value is -3.24. The van der Waals surface area contributed by atoms with Gasteiger partial charge in [0.05, 0.1) is 27.2 Å². The zero-order valence-electron chi connectivity index (χ0n) is 17.6. The maximum Gasteiger partial charge on any atom is 0.271 e. The summed E-state index contributed by atoms with van der Waals surface area (Å²) in [5.41, 5.74) is 3.05. The third-order valence-corrected chi connectivity index (χ3v) is 6.02. The summed E-state index contributed by atoms with van der Waals surface area (Å²) < 4.78 is 0. The lowest BCUT2D eigenvalue weighted by molar-refractivity contribution is -0.856. The average Bonchev–Trinajstić information content (AvgIpc) is 3.35. The normalized spacial score (nSPS) is 15.6. The van der Waals surface area contributed by atoms with Gasteiger partial charge in [-0.3, -0.25) is 19.7 Å². The summed E-state index contributed by atoms with van der Waals surface area (Å²) in [6.45, 7) is 3.97. The lowest BCUT2D eigenvalue weighted by Gasteiger charge is -2.19. The Morgan fingerprint density at radius 3 is 2.87 bits per heavy atom. The van der Waals surface area contributed by atoms with Gasteiger partial charge >= 0.3 is 0 Å². The van der Waals surface area contributed by atoms with Crippen molar-refractivity contribution in [2.24, 2.45) is 0 Å². The molecule has 31 heavy (non-hydrogen) atoms. The Morgan fingerprint density at radius 2 is 2.10 bits per heavy atom. The Bertz CT molecular complexity index is 1170. The number of nitrogens with one attached hydrogen (secondary N) is 5. The van der Waals surface area contributed by atoms with E-state index < -0.39 is 0 Å². The number of hydrogen-bond donors (Lipinski definition) is 5. The van der Waals surface area contributed by atoms with Gasteiger partial charge in [-0.1, -0.05) is 6.92 Å². The minimum atomic E-state index is -0.317. The number of anilines is 1. The van der Waals surface area contributed by atoms with Crippen LogP contribution in [0.15, 0.2) is 23.6 Å². The number of carbonyl (C=O) groups is 3. The van der Waals surface area contributed by atoms with E-state index in [1.54, 1.807) is 23.6 Å². The fourth-order valence-corrected chi connectivity index (χ4v) is 4.29. The molecule has 10 heteroatoms. The Morgan fingerprint density at radius 1 is 1.29 bits per heavy atom. The van der Waals surface area contributed by atoms with Crippen molar-refractivity contribution in [1.29, 1.82) is 0 Å². The van der Waals surface area contributed by atoms with Crippen LogP contribution in [0.2, 0.25) is 0 Å². The summed E-state index contributed by atoms with van der Waals surface area (Å²) in [7, 11) is 4.03. The van der Waals surface area contributed by atoms with Crippen LogP contribution in [0.3, 0.4) is 0 Å². The Balaban J connectivity index is 1.49. The van der Waals surface area contributed by atoms with Crippen molar-refractivity contribution < 1.29 is 19.3 Å². The number of nitrogens with zero attached hydrogens (tertiary/aromatic N) is 1. The van der Waals surface area contributed by atoms with Crippen molar-refractivity contribution in [3.05, 3.63) is 46.1 Å². The number of hydrogen-bond acceptors (Lipinski definition) is 5. The molecular formula is C21H25N6O3S+. The molecule has 0 unspecified atom stereocenters. The van der Waals surface area contributed by atoms with Crippen LogP contribution in [0.4, 0.5) is 5.13 Å². The van der Waals surface area contributed by atoms with Crippen LogP contribution in [0.25, 0.3) is 10.9 Å². The lowest BCUT2D eigenvalue weighted by Crippen LogP contribution is -3.06. The number of benzene rings is 1. The van der Waals surface area contributed by atoms with Crippen LogP contribution in [-0.2, 0) is 0 Å². The topological polar surface area (TPSA) is 120 Å². The fraction of sp³-hybridized carbons (Fsp3) is 0.333. The van der Waals surface area contributed by atoms with Crippen molar-refractivity contribution in [3.8, 4) is 0 Å². The summed E-state index contributed by atoms with van der Waals surface area (Å²) in [4.78, 5) is 45.7. The number of amides is 3. The van der Waals surface area contributed by atoms with Crippen LogP contribution < -0.4 is 20.9 Å². The molecule has 3 heterocycles. The molecule has 0 radical (unpaired) electrons. The van der Waals surface area contributed by atoms with Crippen LogP contribution in [0.1, 0.15) is 49.7 Å². The average molecular weight is 442 g/mol. The monoisotopic (exact) mass is 441 g/mol. The van der Waals surface area contributed by atoms with Gasteiger partial charge in [-0.25, -0.2) is 4.98 Å². The fourth-order valence-electron chi connectivity index (χ4n) is 3.60. The molecule has 0 spiro atoms. The number of rotatable bonds is 6. The highest BCUT2D eigenvalue weighted by molar-refractivity contribution is 7.14. The SMILES string of the molecule is C[C@H]1CNC(=O)c2[nH]c3ccc(C(=O)Nc4nc(C(=O)NCC[NH+](C)C)cs4)cc3c21. The van der Waals surface area contributed by atoms with Gasteiger partial charge in [0.25, 0.3) is 17.7 Å². The quantitative estimate of drug-likeness (QED) is 0.385. The molecule has 0 fully saturated rings. The summed E-state index contributed by atoms with van der Waals surface area (Å²) >= 11 is 1.20. The molecule has 0 saturated heterocycles. The molecule has 3 aromatic rings. The molecule has 1 atom stereocenters. The number of H-pyrrole nitrogens is 1. The van der Waals surface area contributed by atoms with E-state index in [0.29, 0.717) is 29.5 Å². The van der Waals surface area contributed by atoms with Crippen molar-refractivity contribution in [3.63, 3.8) is 0 Å². The maximum atomic E-state index is 12.8. The zero-order valence-corrected chi connectivity index (χ0v) is 18.4. The molecule has 0 saturated carbocycles. The number of thiazole rings is 1. The largest absolute Gasteiger partial charge is 0.350 e. The second-order valence-electron chi connectivity index (χ2n) is 7.99. The van der Waals surface area contributed by atoms with Crippen molar-refractivity contribution in [2.75, 3.05) is 39.0 Å². The second-order valence-corrected chi connectivity index (χ2v) is 8.85. The molecule has 2 aromatic heterocycles. The number of aromatic amines is 1. The van der Waals surface area contributed by atoms with E-state index in [9.17, 15) is 14.4 Å². The van der Waals surface area contributed by atoms with E-state index >= 15 is 0 Å². The minimum absolute atomic E-state index is 0.129. The summed E-state index contributed by atoms with van der Waals surface area (Å²) in [5.74, 6) is -0.558. The number of likely N-dealkylation sites (N-methyl/N-ethyl adjacent to an activating group) is 1. The van der Waals surface area contributed by atoms with E-state index in [2.05, 4.69) is 25.9 Å². The molecule has 0 aliphatic carbocycles. The van der Waals surface area contributed by atoms with Crippen LogP contribution >= 0.6 is 11.3 Å². The first-order valence-electron chi connectivity index (χ1n) is 10.1. The molecule has 9 nitrogen and oxygen atoms in total. The van der Waals surface area contributed by atoms with Crippen LogP contribution in [-0.4, -0.2) is 61.4 Å². The highest BCUT2D eigenvalue weighted by atomic mass is 32.1. The third-order valence-electron chi connectivity index (χ3n) is 5.26. The van der Waals surface area contributed by atoms with Gasteiger partial charge in [0, 0.05) is 34.3 Å². The van der Waals surface area contributed by atoms with E-state index in [1.165, 1.54) is 16.2 Å². The second kappa shape index (κ2) is 8.48. The lowest BCUT2D eigenvalue weighted by atomic mass is 9.93. The van der Waals surface area contributed by atoms with Crippen LogP contribution in [0, 0.1) is 0 Å². The summed E-state index contributed by atoms with van der Waals surface area (Å²) in [6.07, 6.45) is 0. The van der Waals surface area contributed by atoms with Gasteiger partial charge in [-0.15, -0.1) is 11.3 Å². The zero-order chi connectivity index (χ0) is 22.1. The highest BCUT2D eigenvalue weighted by Gasteiger charge is 2.27. The van der Waals surface area contributed by atoms with Gasteiger partial charge in [-0.05, 0) is 23.8 Å². The first-order chi connectivity index (χ1) is 14.8. The van der Waals surface area contributed by atoms with Crippen LogP contribution in [0.5, 0.6) is 0 Å². The Labute approximate surface area is 183 Å². The predicted octanol–water partition coefficient (Wildman–Crippen LogP) is 0.598. The van der Waals surface area contributed by atoms with Gasteiger partial charge < -0.3 is 20.5 Å². The van der Waals surface area contributed by atoms with Gasteiger partial charge in [-0.2, -0.15) is 0 Å². The third kappa shape index (κ3) is 4.30. The van der Waals surface area contributed by atoms with E-state index in [0.717, 1.165) is 23.0 Å². The first kappa shape index (κ1) is 21.0. The molecule has 4 rings (SSSR count). The standard InChI is InChI=1S/C21H24N6O3S/c1-11-9-23-20(30)17-16(11)13-8-12(4-5-14(13)24-17)18(28)26-21-25-15(10-31-21)19(29)22-6-7-27(2)3/h4-5,8,10-11,24H,6-7,9H2,1-3H3,(H,22,29)(H,23,30)(H,25,26,28)/p+1/t11-/m0/s1. The molecule has 5 N–H and O–H groups in total. The molecule has 3 amide bonds. The molecule has 162 valence electrons. The van der Waals surface area contributed by atoms with E-state index in [-0.39, 0.29) is 29.3 Å². The van der Waals surface area contributed by atoms with Crippen molar-refractivity contribution in [2.45, 2.75) is 12.8 Å². The highest BCUT2D eigenvalue weighted by Crippen LogP contribution is 2.32.